The number of hydrogen-bond acceptors (Lipinski definition) is 1. The molecule has 4 aliphatic rings. The van der Waals surface area contributed by atoms with E-state index in [-0.39, 0.29) is 0 Å². The van der Waals surface area contributed by atoms with Crippen molar-refractivity contribution in [3.8, 4) is 101 Å². The largest absolute Gasteiger partial charge is 0.456 e. The van der Waals surface area contributed by atoms with Crippen LogP contribution < -0.4 is 4.74 Å². The molecule has 0 atom stereocenters. The number of ether oxygens (including phenoxy) is 1. The van der Waals surface area contributed by atoms with E-state index in [1.165, 1.54) is 234 Å². The van der Waals surface area contributed by atoms with Gasteiger partial charge in [-0.15, -0.1) is 0 Å². The summed E-state index contributed by atoms with van der Waals surface area (Å²) in [7, 11) is 0. The Morgan fingerprint density at radius 2 is 0.438 bits per heavy atom. The van der Waals surface area contributed by atoms with Crippen molar-refractivity contribution in [2.45, 2.75) is 134 Å². The number of fused-ring (bicyclic) bond motifs is 12. The van der Waals surface area contributed by atoms with Crippen molar-refractivity contribution in [2.75, 3.05) is 0 Å². The van der Waals surface area contributed by atoms with Crippen molar-refractivity contribution in [2.24, 2.45) is 0 Å². The van der Waals surface area contributed by atoms with Crippen molar-refractivity contribution in [1.82, 2.24) is 0 Å². The van der Waals surface area contributed by atoms with Crippen LogP contribution >= 0.6 is 0 Å². The van der Waals surface area contributed by atoms with Gasteiger partial charge in [0.05, 0.1) is 0 Å². The molecule has 1 nitrogen and oxygen atoms in total. The second kappa shape index (κ2) is 25.9. The predicted molar refractivity (Wildman–Crippen MR) is 442 cm³/mol. The molecule has 18 rings (SSSR count). The molecule has 14 aromatic rings. The highest BCUT2D eigenvalue weighted by atomic mass is 16.5. The van der Waals surface area contributed by atoms with Crippen LogP contribution in [0.1, 0.15) is 156 Å². The summed E-state index contributed by atoms with van der Waals surface area (Å²) >= 11 is 0. The first-order valence-electron chi connectivity index (χ1n) is 38.1. The monoisotopic (exact) mass is 1350 g/mol. The fourth-order valence-corrected chi connectivity index (χ4v) is 19.9. The Bertz CT molecular complexity index is 5550. The summed E-state index contributed by atoms with van der Waals surface area (Å²) in [4.78, 5) is 0. The summed E-state index contributed by atoms with van der Waals surface area (Å²) < 4.78 is 8.67. The van der Waals surface area contributed by atoms with Gasteiger partial charge < -0.3 is 4.74 Å². The normalized spacial score (nSPS) is 12.6. The molecule has 14 aromatic carbocycles. The molecule has 0 N–H and O–H groups in total. The van der Waals surface area contributed by atoms with E-state index < -0.39 is 0 Å². The van der Waals surface area contributed by atoms with Crippen LogP contribution in [0.4, 0.5) is 0 Å². The second-order valence-electron chi connectivity index (χ2n) is 31.5. The minimum atomic E-state index is 0.764. The van der Waals surface area contributed by atoms with Gasteiger partial charge >= 0.3 is 0 Å². The van der Waals surface area contributed by atoms with Gasteiger partial charge in [-0.05, 0) is 358 Å². The molecule has 512 valence electrons. The maximum Gasteiger partial charge on any atom is 0.135 e. The van der Waals surface area contributed by atoms with E-state index >= 15 is 0 Å². The highest BCUT2D eigenvalue weighted by Gasteiger charge is 2.36. The third-order valence-corrected chi connectivity index (χ3v) is 24.4. The standard InChI is InChI=1S/C104H90O/c1-59-43-63(5)89(64(6)44-59)55-75-35-39-83-79-27-17-13-23-71(79)51-93(83)99(75)87-31-21-33-97(103(87)101-77(57-91-67(9)47-61(3)48-68(91)10)37-41-85-81-29-19-15-25-73(81)53-95(85)101)105-98-34-22-32-88(100-76(56-90-65(7)45-60(2)46-66(90)8)36-40-84-80-28-18-14-24-72(80)52-94(84)100)104(98)102-78(58-92-69(11)49-62(4)50-70(92)12)38-42-86-82-30-20-16-26-74(82)54-96(86)102/h13-50H,51-58H2,1-12H3. The maximum atomic E-state index is 8.67. The van der Waals surface area contributed by atoms with Crippen LogP contribution in [0.5, 0.6) is 11.5 Å². The molecule has 0 bridgehead atoms. The van der Waals surface area contributed by atoms with Crippen molar-refractivity contribution in [1.29, 1.82) is 0 Å². The van der Waals surface area contributed by atoms with Gasteiger partial charge in [0.15, 0.2) is 0 Å². The minimum Gasteiger partial charge on any atom is -0.456 e. The molecular weight excluding hydrogens is 1270 g/mol. The first kappa shape index (κ1) is 65.9. The van der Waals surface area contributed by atoms with Gasteiger partial charge in [-0.25, -0.2) is 0 Å². The van der Waals surface area contributed by atoms with Gasteiger partial charge in [0.25, 0.3) is 0 Å². The summed E-state index contributed by atoms with van der Waals surface area (Å²) in [6, 6.07) is 89.8. The Hall–Kier alpha value is -11.1. The lowest BCUT2D eigenvalue weighted by molar-refractivity contribution is 0.486. The molecule has 0 saturated carbocycles. The Balaban J connectivity index is 0.971. The highest BCUT2D eigenvalue weighted by Crippen LogP contribution is 2.57. The van der Waals surface area contributed by atoms with Crippen LogP contribution in [0.2, 0.25) is 0 Å². The molecule has 0 saturated heterocycles. The Morgan fingerprint density at radius 3 is 0.705 bits per heavy atom. The topological polar surface area (TPSA) is 9.23 Å². The van der Waals surface area contributed by atoms with E-state index in [9.17, 15) is 0 Å². The summed E-state index contributed by atoms with van der Waals surface area (Å²) in [5.41, 5.74) is 58.0. The lowest BCUT2D eigenvalue weighted by Gasteiger charge is -2.27. The Labute approximate surface area is 622 Å². The summed E-state index contributed by atoms with van der Waals surface area (Å²) in [6.07, 6.45) is 6.41. The van der Waals surface area contributed by atoms with Gasteiger partial charge in [0, 0.05) is 11.1 Å². The molecule has 0 spiro atoms. The van der Waals surface area contributed by atoms with Crippen LogP contribution in [-0.4, -0.2) is 0 Å². The van der Waals surface area contributed by atoms with Crippen molar-refractivity contribution >= 4 is 0 Å². The van der Waals surface area contributed by atoms with Crippen LogP contribution in [0.25, 0.3) is 89.0 Å². The van der Waals surface area contributed by atoms with Crippen LogP contribution in [0, 0.1) is 83.1 Å². The van der Waals surface area contributed by atoms with Gasteiger partial charge in [-0.1, -0.05) is 241 Å². The van der Waals surface area contributed by atoms with Crippen molar-refractivity contribution in [3.63, 3.8) is 0 Å². The molecule has 4 aliphatic carbocycles. The zero-order valence-electron chi connectivity index (χ0n) is 63.0. The third kappa shape index (κ3) is 11.3. The molecule has 0 aliphatic heterocycles. The van der Waals surface area contributed by atoms with Crippen LogP contribution in [-0.2, 0) is 51.4 Å². The number of benzene rings is 14. The zero-order chi connectivity index (χ0) is 71.8. The van der Waals surface area contributed by atoms with Crippen LogP contribution in [0.3, 0.4) is 0 Å². The predicted octanol–water partition coefficient (Wildman–Crippen LogP) is 26.5. The van der Waals surface area contributed by atoms with E-state index in [1.807, 2.05) is 0 Å². The number of rotatable bonds is 14. The fourth-order valence-electron chi connectivity index (χ4n) is 19.9. The molecular formula is C104H90O. The minimum absolute atomic E-state index is 0.764. The second-order valence-corrected chi connectivity index (χ2v) is 31.5. The van der Waals surface area contributed by atoms with E-state index in [4.69, 9.17) is 4.74 Å². The first-order chi connectivity index (χ1) is 51.0. The average molecular weight is 1360 g/mol. The van der Waals surface area contributed by atoms with Gasteiger partial charge in [-0.2, -0.15) is 0 Å². The molecule has 0 fully saturated rings. The Morgan fingerprint density at radius 1 is 0.210 bits per heavy atom. The molecule has 105 heavy (non-hydrogen) atoms. The molecule has 1 heteroatoms. The van der Waals surface area contributed by atoms with E-state index in [2.05, 4.69) is 314 Å². The quantitative estimate of drug-likeness (QED) is 0.105. The first-order valence-corrected chi connectivity index (χ1v) is 38.1. The fraction of sp³-hybridized carbons (Fsp3) is 0.192. The SMILES string of the molecule is Cc1cc(C)c(Cc2ccc3c(c2-c2cccc(Oc4cccc(-c5c(Cc6c(C)cc(C)cc6C)ccc6c5Cc5ccccc5-6)c4-c4c(Cc5c(C)cc(C)cc5C)ccc5c4Cc4ccccc4-5)c2-c2c(Cc4c(C)cc(C)cc4C)ccc4c2Cc2ccccc2-4)Cc2ccccc2-3)c(C)c1. The lowest BCUT2D eigenvalue weighted by atomic mass is 9.79. The average Bonchev–Trinajstić information content (AvgIpc) is 1.69. The van der Waals surface area contributed by atoms with Gasteiger partial charge in [0.1, 0.15) is 11.5 Å². The lowest BCUT2D eigenvalue weighted by Crippen LogP contribution is -2.07. The van der Waals surface area contributed by atoms with Gasteiger partial charge in [0.2, 0.25) is 0 Å². The molecule has 0 unspecified atom stereocenters. The molecule has 0 heterocycles. The summed E-state index contributed by atoms with van der Waals surface area (Å²) in [5.74, 6) is 1.71. The van der Waals surface area contributed by atoms with E-state index in [0.29, 0.717) is 0 Å². The van der Waals surface area contributed by atoms with E-state index in [0.717, 1.165) is 74.0 Å². The number of hydrogen-bond donors (Lipinski definition) is 0. The molecule has 0 amide bonds. The smallest absolute Gasteiger partial charge is 0.135 e. The maximum absolute atomic E-state index is 8.67. The van der Waals surface area contributed by atoms with Crippen molar-refractivity contribution < 1.29 is 4.74 Å². The summed E-state index contributed by atoms with van der Waals surface area (Å²) in [5, 5.41) is 0. The highest BCUT2D eigenvalue weighted by molar-refractivity contribution is 6.02. The molecule has 0 radical (unpaired) electrons. The number of aryl methyl sites for hydroxylation is 12. The van der Waals surface area contributed by atoms with E-state index in [1.54, 1.807) is 0 Å². The summed E-state index contributed by atoms with van der Waals surface area (Å²) in [6.45, 7) is 27.5. The van der Waals surface area contributed by atoms with Gasteiger partial charge in [-0.3, -0.25) is 0 Å². The molecule has 0 aromatic heterocycles. The van der Waals surface area contributed by atoms with Crippen LogP contribution in [0.15, 0.2) is 231 Å². The zero-order valence-corrected chi connectivity index (χ0v) is 63.0. The van der Waals surface area contributed by atoms with Crippen molar-refractivity contribution in [3.05, 3.63) is 386 Å². The third-order valence-electron chi connectivity index (χ3n) is 24.4. The Kier molecular flexibility index (Phi) is 16.3.